The maximum Gasteiger partial charge on any atom is 0.132 e. The lowest BCUT2D eigenvalue weighted by Gasteiger charge is -2.19. The molecule has 23 heavy (non-hydrogen) atoms. The van der Waals surface area contributed by atoms with Crippen LogP contribution in [-0.4, -0.2) is 6.54 Å². The minimum Gasteiger partial charge on any atom is -0.381 e. The molecule has 1 N–H and O–H groups in total. The van der Waals surface area contributed by atoms with Crippen molar-refractivity contribution in [3.63, 3.8) is 0 Å². The second-order valence-electron chi connectivity index (χ2n) is 6.38. The van der Waals surface area contributed by atoms with Gasteiger partial charge in [0, 0.05) is 17.8 Å². The van der Waals surface area contributed by atoms with Gasteiger partial charge in [0.15, 0.2) is 0 Å². The molecule has 1 aliphatic heterocycles. The Balaban J connectivity index is 1.96. The van der Waals surface area contributed by atoms with Gasteiger partial charge in [-0.25, -0.2) is 4.39 Å². The van der Waals surface area contributed by atoms with Gasteiger partial charge in [0.2, 0.25) is 0 Å². The van der Waals surface area contributed by atoms with Crippen LogP contribution in [0.1, 0.15) is 25.8 Å². The van der Waals surface area contributed by atoms with Gasteiger partial charge in [0.25, 0.3) is 0 Å². The van der Waals surface area contributed by atoms with E-state index in [1.807, 2.05) is 42.5 Å². The molecule has 2 heteroatoms. The van der Waals surface area contributed by atoms with Crippen LogP contribution in [0.15, 0.2) is 66.3 Å². The van der Waals surface area contributed by atoms with Gasteiger partial charge in [-0.1, -0.05) is 56.3 Å². The van der Waals surface area contributed by atoms with Gasteiger partial charge in [0.1, 0.15) is 5.82 Å². The summed E-state index contributed by atoms with van der Waals surface area (Å²) in [5.41, 5.74) is 4.92. The third-order valence-electron chi connectivity index (χ3n) is 3.99. The van der Waals surface area contributed by atoms with Crippen LogP contribution in [0, 0.1) is 11.7 Å². The highest BCUT2D eigenvalue weighted by molar-refractivity contribution is 5.74. The highest BCUT2D eigenvalue weighted by Gasteiger charge is 2.13. The molecular weight excluding hydrogens is 285 g/mol. The summed E-state index contributed by atoms with van der Waals surface area (Å²) in [6, 6.07) is 15.4. The lowest BCUT2D eigenvalue weighted by molar-refractivity contribution is 0.621. The molecular formula is C21H22FN. The first-order valence-corrected chi connectivity index (χ1v) is 8.13. The molecule has 118 valence electrons. The van der Waals surface area contributed by atoms with Gasteiger partial charge < -0.3 is 5.32 Å². The summed E-state index contributed by atoms with van der Waals surface area (Å²) in [4.78, 5) is 0. The zero-order valence-corrected chi connectivity index (χ0v) is 13.6. The number of allylic oxidation sites excluding steroid dienone is 2. The van der Waals surface area contributed by atoms with E-state index in [4.69, 9.17) is 0 Å². The van der Waals surface area contributed by atoms with Crippen molar-refractivity contribution in [2.45, 2.75) is 20.3 Å². The van der Waals surface area contributed by atoms with Gasteiger partial charge in [-0.3, -0.25) is 0 Å². The molecule has 0 amide bonds. The fraction of sp³-hybridized carbons (Fsp3) is 0.238. The topological polar surface area (TPSA) is 12.0 Å². The SMILES string of the molecule is CC(C)CC1=CCNC(c2cc(-c3ccccc3)ccc2F)=C1. The molecule has 2 aromatic carbocycles. The average molecular weight is 307 g/mol. The molecule has 0 aliphatic carbocycles. The fourth-order valence-electron chi connectivity index (χ4n) is 2.92. The van der Waals surface area contributed by atoms with E-state index in [-0.39, 0.29) is 5.82 Å². The summed E-state index contributed by atoms with van der Waals surface area (Å²) in [5, 5.41) is 3.30. The van der Waals surface area contributed by atoms with Crippen LogP contribution >= 0.6 is 0 Å². The molecule has 0 saturated carbocycles. The Hall–Kier alpha value is -2.35. The van der Waals surface area contributed by atoms with Crippen LogP contribution in [0.25, 0.3) is 16.8 Å². The molecule has 0 aromatic heterocycles. The van der Waals surface area contributed by atoms with E-state index in [1.165, 1.54) is 5.57 Å². The first-order chi connectivity index (χ1) is 11.1. The highest BCUT2D eigenvalue weighted by Crippen LogP contribution is 2.27. The minimum absolute atomic E-state index is 0.186. The quantitative estimate of drug-likeness (QED) is 0.796. The standard InChI is InChI=1S/C21H22FN/c1-15(2)12-16-10-11-23-21(13-16)19-14-18(8-9-20(19)22)17-6-4-3-5-7-17/h3-10,13-15,23H,11-12H2,1-2H3. The summed E-state index contributed by atoms with van der Waals surface area (Å²) in [6.07, 6.45) is 5.28. The molecule has 1 heterocycles. The third-order valence-corrected chi connectivity index (χ3v) is 3.99. The summed E-state index contributed by atoms with van der Waals surface area (Å²) in [6.45, 7) is 5.16. The molecule has 1 nitrogen and oxygen atoms in total. The maximum atomic E-state index is 14.4. The monoisotopic (exact) mass is 307 g/mol. The number of dihydropyridines is 1. The predicted octanol–water partition coefficient (Wildman–Crippen LogP) is 5.41. The Kier molecular flexibility index (Phi) is 4.61. The van der Waals surface area contributed by atoms with Crippen molar-refractivity contribution in [2.75, 3.05) is 6.54 Å². The van der Waals surface area contributed by atoms with Crippen LogP contribution < -0.4 is 5.32 Å². The number of rotatable bonds is 4. The molecule has 0 fully saturated rings. The summed E-state index contributed by atoms with van der Waals surface area (Å²) in [5.74, 6) is 0.409. The first-order valence-electron chi connectivity index (χ1n) is 8.13. The lowest BCUT2D eigenvalue weighted by atomic mass is 9.96. The Labute approximate surface area is 137 Å². The normalized spacial score (nSPS) is 14.3. The average Bonchev–Trinajstić information content (AvgIpc) is 2.56. The van der Waals surface area contributed by atoms with E-state index < -0.39 is 0 Å². The van der Waals surface area contributed by atoms with E-state index in [0.29, 0.717) is 11.5 Å². The fourth-order valence-corrected chi connectivity index (χ4v) is 2.92. The molecule has 3 rings (SSSR count). The van der Waals surface area contributed by atoms with Crippen molar-refractivity contribution in [3.05, 3.63) is 77.6 Å². The van der Waals surface area contributed by atoms with Crippen molar-refractivity contribution >= 4 is 5.70 Å². The smallest absolute Gasteiger partial charge is 0.132 e. The summed E-state index contributed by atoms with van der Waals surface area (Å²) in [7, 11) is 0. The Bertz CT molecular complexity index is 742. The number of halogens is 1. The molecule has 0 atom stereocenters. The minimum atomic E-state index is -0.186. The Morgan fingerprint density at radius 3 is 2.57 bits per heavy atom. The van der Waals surface area contributed by atoms with Gasteiger partial charge in [0.05, 0.1) is 0 Å². The molecule has 0 unspecified atom stereocenters. The van der Waals surface area contributed by atoms with Crippen molar-refractivity contribution in [1.29, 1.82) is 0 Å². The van der Waals surface area contributed by atoms with Crippen LogP contribution in [-0.2, 0) is 0 Å². The maximum absolute atomic E-state index is 14.4. The largest absolute Gasteiger partial charge is 0.381 e. The van der Waals surface area contributed by atoms with E-state index in [0.717, 1.165) is 29.8 Å². The number of hydrogen-bond donors (Lipinski definition) is 1. The van der Waals surface area contributed by atoms with Crippen molar-refractivity contribution < 1.29 is 4.39 Å². The van der Waals surface area contributed by atoms with Gasteiger partial charge >= 0.3 is 0 Å². The third kappa shape index (κ3) is 3.70. The molecule has 2 aromatic rings. The van der Waals surface area contributed by atoms with Crippen LogP contribution in [0.5, 0.6) is 0 Å². The molecule has 0 bridgehead atoms. The number of hydrogen-bond acceptors (Lipinski definition) is 1. The highest BCUT2D eigenvalue weighted by atomic mass is 19.1. The molecule has 0 spiro atoms. The molecule has 0 radical (unpaired) electrons. The van der Waals surface area contributed by atoms with E-state index >= 15 is 0 Å². The van der Waals surface area contributed by atoms with Crippen LogP contribution in [0.2, 0.25) is 0 Å². The van der Waals surface area contributed by atoms with E-state index in [2.05, 4.69) is 31.3 Å². The second kappa shape index (κ2) is 6.82. The van der Waals surface area contributed by atoms with Crippen molar-refractivity contribution in [2.24, 2.45) is 5.92 Å². The Morgan fingerprint density at radius 2 is 1.83 bits per heavy atom. The van der Waals surface area contributed by atoms with E-state index in [9.17, 15) is 4.39 Å². The lowest BCUT2D eigenvalue weighted by Crippen LogP contribution is -2.17. The Morgan fingerprint density at radius 1 is 1.04 bits per heavy atom. The van der Waals surface area contributed by atoms with Crippen LogP contribution in [0.3, 0.4) is 0 Å². The second-order valence-corrected chi connectivity index (χ2v) is 6.38. The zero-order valence-electron chi connectivity index (χ0n) is 13.6. The van der Waals surface area contributed by atoms with E-state index in [1.54, 1.807) is 6.07 Å². The molecule has 0 saturated heterocycles. The van der Waals surface area contributed by atoms with Crippen molar-refractivity contribution in [1.82, 2.24) is 5.32 Å². The predicted molar refractivity (Wildman–Crippen MR) is 95.4 cm³/mol. The number of benzene rings is 2. The van der Waals surface area contributed by atoms with Gasteiger partial charge in [-0.2, -0.15) is 0 Å². The summed E-state index contributed by atoms with van der Waals surface area (Å²) >= 11 is 0. The first kappa shape index (κ1) is 15.5. The van der Waals surface area contributed by atoms with Gasteiger partial charge in [-0.05, 0) is 47.2 Å². The number of nitrogens with one attached hydrogen (secondary N) is 1. The molecule has 1 aliphatic rings. The summed E-state index contributed by atoms with van der Waals surface area (Å²) < 4.78 is 14.4. The van der Waals surface area contributed by atoms with Crippen molar-refractivity contribution in [3.8, 4) is 11.1 Å². The zero-order chi connectivity index (χ0) is 16.2. The van der Waals surface area contributed by atoms with Gasteiger partial charge in [-0.15, -0.1) is 0 Å². The van der Waals surface area contributed by atoms with Crippen LogP contribution in [0.4, 0.5) is 4.39 Å².